The molecule has 0 bridgehead atoms. The number of hydrogen-bond acceptors (Lipinski definition) is 8. The quantitative estimate of drug-likeness (QED) is 0.226. The van der Waals surface area contributed by atoms with E-state index >= 15 is 0 Å². The second kappa shape index (κ2) is 14.1. The van der Waals surface area contributed by atoms with Crippen molar-refractivity contribution >= 4 is 34.5 Å². The first kappa shape index (κ1) is 32.5. The number of fused-ring (bicyclic) bond motifs is 1. The molecule has 1 fully saturated rings. The molecule has 0 unspecified atom stereocenters. The number of nitrogens with one attached hydrogen (secondary N) is 2. The number of carbonyl (C=O) groups excluding carboxylic acids is 4. The summed E-state index contributed by atoms with van der Waals surface area (Å²) in [6.45, 7) is 7.72. The molecule has 0 spiro atoms. The largest absolute Gasteiger partial charge is 0.414 e. The van der Waals surface area contributed by atoms with Gasteiger partial charge in [0, 0.05) is 32.0 Å². The Morgan fingerprint density at radius 3 is 2.30 bits per heavy atom. The Hall–Kier alpha value is -4.87. The highest BCUT2D eigenvalue weighted by molar-refractivity contribution is 6.00. The van der Waals surface area contributed by atoms with Crippen LogP contribution in [-0.4, -0.2) is 72.8 Å². The van der Waals surface area contributed by atoms with Crippen LogP contribution in [0.1, 0.15) is 63.5 Å². The summed E-state index contributed by atoms with van der Waals surface area (Å²) >= 11 is 0. The molecule has 0 radical (unpaired) electrons. The summed E-state index contributed by atoms with van der Waals surface area (Å²) in [5.74, 6) is -1.21. The summed E-state index contributed by atoms with van der Waals surface area (Å²) in [6.07, 6.45) is 1.65. The van der Waals surface area contributed by atoms with Gasteiger partial charge in [-0.2, -0.15) is 0 Å². The molecular weight excluding hydrogens is 586 g/mol. The Bertz CT molecular complexity index is 1710. The molecule has 2 aromatic heterocycles. The highest BCUT2D eigenvalue weighted by Crippen LogP contribution is 2.23. The first-order chi connectivity index (χ1) is 22.0. The fourth-order valence-electron chi connectivity index (χ4n) is 5.82. The zero-order valence-electron chi connectivity index (χ0n) is 26.9. The molecule has 46 heavy (non-hydrogen) atoms. The van der Waals surface area contributed by atoms with Gasteiger partial charge in [0.15, 0.2) is 0 Å². The van der Waals surface area contributed by atoms with Crippen LogP contribution in [0.5, 0.6) is 0 Å². The molecule has 3 heterocycles. The molecule has 242 valence electrons. The second-order valence-electron chi connectivity index (χ2n) is 12.4. The van der Waals surface area contributed by atoms with Crippen molar-refractivity contribution < 1.29 is 23.6 Å². The third-order valence-electron chi connectivity index (χ3n) is 8.45. The molecule has 12 heteroatoms. The minimum absolute atomic E-state index is 0.164. The van der Waals surface area contributed by atoms with E-state index in [2.05, 4.69) is 25.8 Å². The highest BCUT2D eigenvalue weighted by atomic mass is 16.4. The first-order valence-corrected chi connectivity index (χ1v) is 15.8. The summed E-state index contributed by atoms with van der Waals surface area (Å²) in [7, 11) is 1.92. The van der Waals surface area contributed by atoms with Crippen LogP contribution in [0.15, 0.2) is 59.0 Å². The van der Waals surface area contributed by atoms with Gasteiger partial charge in [0.2, 0.25) is 29.4 Å². The smallest absolute Gasteiger partial charge is 0.286 e. The summed E-state index contributed by atoms with van der Waals surface area (Å²) in [6, 6.07) is 14.4. The number of hydrogen-bond donors (Lipinski definition) is 2. The van der Waals surface area contributed by atoms with Gasteiger partial charge in [-0.3, -0.25) is 19.2 Å². The van der Waals surface area contributed by atoms with Gasteiger partial charge in [0.05, 0.1) is 17.1 Å². The minimum Gasteiger partial charge on any atom is -0.414 e. The predicted octanol–water partition coefficient (Wildman–Crippen LogP) is 3.71. The van der Waals surface area contributed by atoms with Gasteiger partial charge < -0.3 is 24.5 Å². The summed E-state index contributed by atoms with van der Waals surface area (Å²) in [4.78, 5) is 60.0. The third-order valence-corrected chi connectivity index (χ3v) is 8.45. The highest BCUT2D eigenvalue weighted by Gasteiger charge is 2.40. The standard InChI is InChI=1S/C34H41N7O5/c1-20(2)28(30(43)33-39-38-32(46-33)22-12-7-6-8-13-22)37-31(44)25-16-11-19-41(25)34(45)29(21(3)4)36-27(42)18-17-26-35-23-14-9-10-15-24(23)40(26)5/h6-10,12-15,20-21,25,28-29H,11,16-19H2,1-5H3,(H,36,42)(H,37,44)/t25-,28+,29+/m1/s1. The Balaban J connectivity index is 1.22. The van der Waals surface area contributed by atoms with Crippen LogP contribution in [0.3, 0.4) is 0 Å². The van der Waals surface area contributed by atoms with Gasteiger partial charge in [-0.15, -0.1) is 10.2 Å². The molecule has 12 nitrogen and oxygen atoms in total. The molecule has 4 aromatic rings. The first-order valence-electron chi connectivity index (χ1n) is 15.8. The number of amides is 3. The average Bonchev–Trinajstić information content (AvgIpc) is 3.81. The summed E-state index contributed by atoms with van der Waals surface area (Å²) in [5, 5.41) is 13.7. The molecule has 2 N–H and O–H groups in total. The number of likely N-dealkylation sites (tertiary alicyclic amines) is 1. The number of imidazole rings is 1. The molecule has 1 saturated heterocycles. The molecule has 1 aliphatic rings. The summed E-state index contributed by atoms with van der Waals surface area (Å²) < 4.78 is 7.63. The van der Waals surface area contributed by atoms with Crippen LogP contribution >= 0.6 is 0 Å². The topological polar surface area (TPSA) is 152 Å². The van der Waals surface area contributed by atoms with E-state index in [1.807, 2.05) is 81.8 Å². The number of benzene rings is 2. The van der Waals surface area contributed by atoms with Gasteiger partial charge in [-0.1, -0.05) is 58.0 Å². The normalized spacial score (nSPS) is 16.2. The van der Waals surface area contributed by atoms with Crippen molar-refractivity contribution in [2.24, 2.45) is 18.9 Å². The van der Waals surface area contributed by atoms with Crippen molar-refractivity contribution in [1.82, 2.24) is 35.3 Å². The van der Waals surface area contributed by atoms with Crippen LogP contribution in [0.25, 0.3) is 22.5 Å². The van der Waals surface area contributed by atoms with Gasteiger partial charge in [0.25, 0.3) is 5.89 Å². The van der Waals surface area contributed by atoms with Crippen LogP contribution < -0.4 is 10.6 Å². The predicted molar refractivity (Wildman–Crippen MR) is 171 cm³/mol. The lowest BCUT2D eigenvalue weighted by Crippen LogP contribution is -2.57. The number of para-hydroxylation sites is 2. The Kier molecular flexibility index (Phi) is 9.93. The van der Waals surface area contributed by atoms with E-state index in [0.717, 1.165) is 16.9 Å². The van der Waals surface area contributed by atoms with Crippen molar-refractivity contribution in [2.45, 2.75) is 71.5 Å². The fraction of sp³-hybridized carbons (Fsp3) is 0.441. The maximum absolute atomic E-state index is 13.8. The Morgan fingerprint density at radius 2 is 1.61 bits per heavy atom. The van der Waals surface area contributed by atoms with E-state index in [9.17, 15) is 19.2 Å². The lowest BCUT2D eigenvalue weighted by atomic mass is 9.98. The molecule has 0 saturated carbocycles. The maximum Gasteiger partial charge on any atom is 0.286 e. The number of aromatic nitrogens is 4. The zero-order valence-corrected chi connectivity index (χ0v) is 26.9. The van der Waals surface area contributed by atoms with Gasteiger partial charge in [0.1, 0.15) is 17.9 Å². The number of rotatable bonds is 12. The lowest BCUT2D eigenvalue weighted by Gasteiger charge is -2.31. The van der Waals surface area contributed by atoms with Crippen molar-refractivity contribution in [3.05, 3.63) is 66.3 Å². The number of carbonyl (C=O) groups is 4. The number of Topliss-reactive ketones (excluding diaryl/α,β-unsaturated/α-hetero) is 1. The molecule has 3 amide bonds. The minimum atomic E-state index is -0.933. The molecular formula is C34H41N7O5. The third kappa shape index (κ3) is 7.00. The maximum atomic E-state index is 13.8. The molecule has 1 aliphatic heterocycles. The molecule has 2 aromatic carbocycles. The Morgan fingerprint density at radius 1 is 0.913 bits per heavy atom. The van der Waals surface area contributed by atoms with Gasteiger partial charge in [-0.05, 0) is 48.9 Å². The number of nitrogens with zero attached hydrogens (tertiary/aromatic N) is 5. The van der Waals surface area contributed by atoms with E-state index in [-0.39, 0.29) is 41.9 Å². The van der Waals surface area contributed by atoms with Crippen molar-refractivity contribution in [3.8, 4) is 11.5 Å². The average molecular weight is 628 g/mol. The van der Waals surface area contributed by atoms with Gasteiger partial charge in [-0.25, -0.2) is 4.98 Å². The zero-order chi connectivity index (χ0) is 33.0. The Labute approximate surface area is 268 Å². The lowest BCUT2D eigenvalue weighted by molar-refractivity contribution is -0.142. The van der Waals surface area contributed by atoms with E-state index in [1.165, 1.54) is 4.90 Å². The SMILES string of the molecule is CC(C)[C@H](NC(=O)[C@H]1CCCN1C(=O)[C@@H](NC(=O)CCc1nc2ccccc2n1C)C(C)C)C(=O)c1nnc(-c2ccccc2)o1. The van der Waals surface area contributed by atoms with Crippen LogP contribution in [0, 0.1) is 11.8 Å². The molecule has 3 atom stereocenters. The van der Waals surface area contributed by atoms with Crippen LogP contribution in [-0.2, 0) is 27.9 Å². The van der Waals surface area contributed by atoms with Crippen LogP contribution in [0.2, 0.25) is 0 Å². The van der Waals surface area contributed by atoms with Crippen LogP contribution in [0.4, 0.5) is 0 Å². The van der Waals surface area contributed by atoms with E-state index in [4.69, 9.17) is 4.42 Å². The van der Waals surface area contributed by atoms with Gasteiger partial charge >= 0.3 is 0 Å². The monoisotopic (exact) mass is 627 g/mol. The van der Waals surface area contributed by atoms with E-state index < -0.39 is 29.8 Å². The van der Waals surface area contributed by atoms with Crippen molar-refractivity contribution in [1.29, 1.82) is 0 Å². The summed E-state index contributed by atoms with van der Waals surface area (Å²) in [5.41, 5.74) is 2.53. The van der Waals surface area contributed by atoms with E-state index in [1.54, 1.807) is 12.1 Å². The van der Waals surface area contributed by atoms with Crippen molar-refractivity contribution in [2.75, 3.05) is 6.54 Å². The fourth-order valence-corrected chi connectivity index (χ4v) is 5.82. The van der Waals surface area contributed by atoms with E-state index in [0.29, 0.717) is 31.4 Å². The second-order valence-corrected chi connectivity index (χ2v) is 12.4. The van der Waals surface area contributed by atoms with Crippen molar-refractivity contribution in [3.63, 3.8) is 0 Å². The number of aryl methyl sites for hydroxylation is 2. The molecule has 5 rings (SSSR count). The molecule has 0 aliphatic carbocycles. The number of ketones is 1.